The van der Waals surface area contributed by atoms with Gasteiger partial charge in [-0.05, 0) is 37.3 Å². The molecule has 112 valence electrons. The summed E-state index contributed by atoms with van der Waals surface area (Å²) in [5, 5.41) is 0. The number of piperazine rings is 1. The van der Waals surface area contributed by atoms with Gasteiger partial charge in [0.2, 0.25) is 0 Å². The van der Waals surface area contributed by atoms with E-state index in [1.165, 1.54) is 64.1 Å². The molecule has 0 aromatic heterocycles. The highest BCUT2D eigenvalue weighted by atomic mass is 15.3. The normalized spacial score (nSPS) is 17.8. The second-order valence-corrected chi connectivity index (χ2v) is 6.45. The Labute approximate surface area is 124 Å². The molecule has 2 nitrogen and oxygen atoms in total. The third kappa shape index (κ3) is 5.64. The maximum Gasteiger partial charge on any atom is 0.0110 e. The van der Waals surface area contributed by atoms with Gasteiger partial charge in [0.05, 0.1) is 0 Å². The average molecular weight is 274 g/mol. The van der Waals surface area contributed by atoms with Crippen molar-refractivity contribution >= 4 is 0 Å². The summed E-state index contributed by atoms with van der Waals surface area (Å²) >= 11 is 0. The molecule has 0 amide bonds. The monoisotopic (exact) mass is 274 g/mol. The summed E-state index contributed by atoms with van der Waals surface area (Å²) in [5.41, 5.74) is 1.46. The van der Waals surface area contributed by atoms with Crippen molar-refractivity contribution in [2.45, 2.75) is 33.1 Å². The van der Waals surface area contributed by atoms with Crippen LogP contribution in [-0.4, -0.2) is 49.1 Å². The Bertz CT molecular complexity index is 353. The van der Waals surface area contributed by atoms with Crippen LogP contribution in [0.15, 0.2) is 30.3 Å². The van der Waals surface area contributed by atoms with Crippen molar-refractivity contribution in [2.75, 3.05) is 39.3 Å². The molecule has 1 aliphatic heterocycles. The van der Waals surface area contributed by atoms with Gasteiger partial charge < -0.3 is 9.80 Å². The minimum Gasteiger partial charge on any atom is -0.301 e. The van der Waals surface area contributed by atoms with Gasteiger partial charge in [-0.2, -0.15) is 0 Å². The summed E-state index contributed by atoms with van der Waals surface area (Å²) in [6, 6.07) is 10.9. The van der Waals surface area contributed by atoms with E-state index in [1.807, 2.05) is 0 Å². The molecule has 1 aromatic rings. The highest BCUT2D eigenvalue weighted by Crippen LogP contribution is 2.08. The first-order chi connectivity index (χ1) is 9.74. The first-order valence-corrected chi connectivity index (χ1v) is 8.22. The van der Waals surface area contributed by atoms with Gasteiger partial charge in [0.15, 0.2) is 0 Å². The molecule has 0 saturated carbocycles. The standard InChI is InChI=1S/C18H30N2/c1-17(2)7-6-11-19-13-15-20(16-14-19)12-10-18-8-4-3-5-9-18/h3-5,8-9,17H,6-7,10-16H2,1-2H3. The second-order valence-electron chi connectivity index (χ2n) is 6.45. The molecule has 20 heavy (non-hydrogen) atoms. The molecule has 0 bridgehead atoms. The summed E-state index contributed by atoms with van der Waals surface area (Å²) in [4.78, 5) is 5.26. The summed E-state index contributed by atoms with van der Waals surface area (Å²) in [5.74, 6) is 0.849. The Kier molecular flexibility index (Phi) is 6.55. The maximum atomic E-state index is 2.64. The zero-order valence-electron chi connectivity index (χ0n) is 13.2. The van der Waals surface area contributed by atoms with E-state index in [-0.39, 0.29) is 0 Å². The van der Waals surface area contributed by atoms with E-state index in [2.05, 4.69) is 54.0 Å². The van der Waals surface area contributed by atoms with Crippen molar-refractivity contribution in [3.63, 3.8) is 0 Å². The molecule has 2 heteroatoms. The van der Waals surface area contributed by atoms with Crippen molar-refractivity contribution in [1.29, 1.82) is 0 Å². The van der Waals surface area contributed by atoms with Crippen LogP contribution in [0.5, 0.6) is 0 Å². The Balaban J connectivity index is 1.59. The molecule has 1 saturated heterocycles. The summed E-state index contributed by atoms with van der Waals surface area (Å²) in [6.07, 6.45) is 3.92. The Morgan fingerprint density at radius 2 is 1.50 bits per heavy atom. The molecule has 1 aromatic carbocycles. The van der Waals surface area contributed by atoms with Crippen LogP contribution >= 0.6 is 0 Å². The molecule has 0 spiro atoms. The maximum absolute atomic E-state index is 2.64. The fraction of sp³-hybridized carbons (Fsp3) is 0.667. The second kappa shape index (κ2) is 8.43. The molecular formula is C18H30N2. The number of rotatable bonds is 7. The zero-order valence-corrected chi connectivity index (χ0v) is 13.2. The lowest BCUT2D eigenvalue weighted by Crippen LogP contribution is -2.47. The predicted octanol–water partition coefficient (Wildman–Crippen LogP) is 3.28. The van der Waals surface area contributed by atoms with Crippen LogP contribution in [0.2, 0.25) is 0 Å². The SMILES string of the molecule is CC(C)CCCN1CCN(CCc2ccccc2)CC1. The lowest BCUT2D eigenvalue weighted by Gasteiger charge is -2.34. The minimum absolute atomic E-state index is 0.849. The number of nitrogens with zero attached hydrogens (tertiary/aromatic N) is 2. The molecular weight excluding hydrogens is 244 g/mol. The molecule has 0 N–H and O–H groups in total. The van der Waals surface area contributed by atoms with E-state index in [1.54, 1.807) is 0 Å². The quantitative estimate of drug-likeness (QED) is 0.753. The van der Waals surface area contributed by atoms with Gasteiger partial charge in [-0.3, -0.25) is 0 Å². The van der Waals surface area contributed by atoms with Gasteiger partial charge in [0, 0.05) is 32.7 Å². The zero-order chi connectivity index (χ0) is 14.2. The van der Waals surface area contributed by atoms with E-state index in [4.69, 9.17) is 0 Å². The van der Waals surface area contributed by atoms with Crippen LogP contribution in [0.1, 0.15) is 32.3 Å². The van der Waals surface area contributed by atoms with Crippen molar-refractivity contribution < 1.29 is 0 Å². The van der Waals surface area contributed by atoms with Gasteiger partial charge >= 0.3 is 0 Å². The van der Waals surface area contributed by atoms with E-state index < -0.39 is 0 Å². The van der Waals surface area contributed by atoms with Gasteiger partial charge in [-0.25, -0.2) is 0 Å². The predicted molar refractivity (Wildman–Crippen MR) is 87.1 cm³/mol. The first-order valence-electron chi connectivity index (χ1n) is 8.22. The van der Waals surface area contributed by atoms with Crippen LogP contribution < -0.4 is 0 Å². The molecule has 0 unspecified atom stereocenters. The third-order valence-electron chi connectivity index (χ3n) is 4.28. The van der Waals surface area contributed by atoms with E-state index in [9.17, 15) is 0 Å². The summed E-state index contributed by atoms with van der Waals surface area (Å²) in [6.45, 7) is 12.2. The fourth-order valence-corrected chi connectivity index (χ4v) is 2.89. The Hall–Kier alpha value is -0.860. The van der Waals surface area contributed by atoms with Gasteiger partial charge in [-0.15, -0.1) is 0 Å². The van der Waals surface area contributed by atoms with E-state index >= 15 is 0 Å². The lowest BCUT2D eigenvalue weighted by molar-refractivity contribution is 0.131. The molecule has 0 radical (unpaired) electrons. The van der Waals surface area contributed by atoms with Crippen molar-refractivity contribution in [3.8, 4) is 0 Å². The van der Waals surface area contributed by atoms with Gasteiger partial charge in [0.1, 0.15) is 0 Å². The van der Waals surface area contributed by atoms with Crippen molar-refractivity contribution in [2.24, 2.45) is 5.92 Å². The largest absolute Gasteiger partial charge is 0.301 e. The molecule has 1 fully saturated rings. The molecule has 1 heterocycles. The van der Waals surface area contributed by atoms with Crippen molar-refractivity contribution in [3.05, 3.63) is 35.9 Å². The number of hydrogen-bond acceptors (Lipinski definition) is 2. The molecule has 0 aliphatic carbocycles. The minimum atomic E-state index is 0.849. The van der Waals surface area contributed by atoms with Gasteiger partial charge in [0.25, 0.3) is 0 Å². The summed E-state index contributed by atoms with van der Waals surface area (Å²) < 4.78 is 0. The van der Waals surface area contributed by atoms with Gasteiger partial charge in [-0.1, -0.05) is 44.2 Å². The first kappa shape index (κ1) is 15.5. The molecule has 0 atom stereocenters. The van der Waals surface area contributed by atoms with Crippen LogP contribution in [0.4, 0.5) is 0 Å². The van der Waals surface area contributed by atoms with Crippen LogP contribution in [0.25, 0.3) is 0 Å². The molecule has 1 aliphatic rings. The fourth-order valence-electron chi connectivity index (χ4n) is 2.89. The van der Waals surface area contributed by atoms with Crippen LogP contribution in [-0.2, 0) is 6.42 Å². The van der Waals surface area contributed by atoms with Crippen molar-refractivity contribution in [1.82, 2.24) is 9.80 Å². The third-order valence-corrected chi connectivity index (χ3v) is 4.28. The Morgan fingerprint density at radius 1 is 0.900 bits per heavy atom. The topological polar surface area (TPSA) is 6.48 Å². The lowest BCUT2D eigenvalue weighted by atomic mass is 10.1. The number of hydrogen-bond donors (Lipinski definition) is 0. The highest BCUT2D eigenvalue weighted by molar-refractivity contribution is 5.14. The van der Waals surface area contributed by atoms with Crippen LogP contribution in [0, 0.1) is 5.92 Å². The highest BCUT2D eigenvalue weighted by Gasteiger charge is 2.16. The Morgan fingerprint density at radius 3 is 2.10 bits per heavy atom. The van der Waals surface area contributed by atoms with E-state index in [0.29, 0.717) is 0 Å². The van der Waals surface area contributed by atoms with E-state index in [0.717, 1.165) is 5.92 Å². The average Bonchev–Trinajstić information content (AvgIpc) is 2.47. The molecule has 2 rings (SSSR count). The smallest absolute Gasteiger partial charge is 0.0110 e. The number of benzene rings is 1. The van der Waals surface area contributed by atoms with Crippen LogP contribution in [0.3, 0.4) is 0 Å². The summed E-state index contributed by atoms with van der Waals surface area (Å²) in [7, 11) is 0.